The lowest BCUT2D eigenvalue weighted by Gasteiger charge is -2.17. The van der Waals surface area contributed by atoms with Crippen LogP contribution < -0.4 is 4.72 Å². The summed E-state index contributed by atoms with van der Waals surface area (Å²) in [6.07, 6.45) is 7.67. The third kappa shape index (κ3) is 1.54. The van der Waals surface area contributed by atoms with Gasteiger partial charge in [-0.3, -0.25) is 0 Å². The van der Waals surface area contributed by atoms with Crippen LogP contribution >= 0.6 is 0 Å². The first-order valence-electron chi connectivity index (χ1n) is 4.20. The van der Waals surface area contributed by atoms with Crippen molar-refractivity contribution in [1.82, 2.24) is 4.72 Å². The Morgan fingerprint density at radius 3 is 2.50 bits per heavy atom. The van der Waals surface area contributed by atoms with Crippen molar-refractivity contribution in [1.29, 1.82) is 0 Å². The van der Waals surface area contributed by atoms with E-state index in [1.165, 1.54) is 6.26 Å². The van der Waals surface area contributed by atoms with Gasteiger partial charge in [0.05, 0.1) is 6.26 Å². The molecule has 12 heavy (non-hydrogen) atoms. The number of hydrogen-bond acceptors (Lipinski definition) is 2. The molecule has 3 nitrogen and oxygen atoms in total. The highest BCUT2D eigenvalue weighted by atomic mass is 32.2. The SMILES string of the molecule is CS(=O)(=O)NC1CC2C=CC1C2. The summed E-state index contributed by atoms with van der Waals surface area (Å²) < 4.78 is 24.5. The molecular formula is C8H13NO2S. The van der Waals surface area contributed by atoms with E-state index in [9.17, 15) is 8.42 Å². The molecule has 0 saturated heterocycles. The number of fused-ring (bicyclic) bond motifs is 2. The zero-order valence-electron chi connectivity index (χ0n) is 7.03. The fourth-order valence-corrected chi connectivity index (χ4v) is 3.01. The van der Waals surface area contributed by atoms with E-state index in [2.05, 4.69) is 16.9 Å². The second-order valence-corrected chi connectivity index (χ2v) is 5.56. The maximum Gasteiger partial charge on any atom is 0.208 e. The van der Waals surface area contributed by atoms with Crippen molar-refractivity contribution >= 4 is 10.0 Å². The molecule has 3 unspecified atom stereocenters. The zero-order valence-corrected chi connectivity index (χ0v) is 7.84. The monoisotopic (exact) mass is 187 g/mol. The number of nitrogens with one attached hydrogen (secondary N) is 1. The molecule has 0 spiro atoms. The summed E-state index contributed by atoms with van der Waals surface area (Å²) in [7, 11) is -3.01. The van der Waals surface area contributed by atoms with E-state index >= 15 is 0 Å². The summed E-state index contributed by atoms with van der Waals surface area (Å²) >= 11 is 0. The van der Waals surface area contributed by atoms with Gasteiger partial charge in [-0.05, 0) is 24.7 Å². The summed E-state index contributed by atoms with van der Waals surface area (Å²) in [4.78, 5) is 0. The van der Waals surface area contributed by atoms with Crippen LogP contribution in [0, 0.1) is 11.8 Å². The third-order valence-electron chi connectivity index (χ3n) is 2.64. The largest absolute Gasteiger partial charge is 0.213 e. The molecule has 2 aliphatic carbocycles. The molecule has 0 aromatic carbocycles. The van der Waals surface area contributed by atoms with Crippen LogP contribution in [-0.2, 0) is 10.0 Å². The van der Waals surface area contributed by atoms with E-state index in [1.54, 1.807) is 0 Å². The standard InChI is InChI=1S/C8H13NO2S/c1-12(10,11)9-8-5-6-2-3-7(8)4-6/h2-3,6-9H,4-5H2,1H3. The first kappa shape index (κ1) is 8.26. The highest BCUT2D eigenvalue weighted by molar-refractivity contribution is 7.88. The Bertz CT molecular complexity index is 307. The molecule has 3 atom stereocenters. The predicted octanol–water partition coefficient (Wildman–Crippen LogP) is 0.500. The van der Waals surface area contributed by atoms with Gasteiger partial charge in [-0.2, -0.15) is 0 Å². The Morgan fingerprint density at radius 1 is 1.33 bits per heavy atom. The van der Waals surface area contributed by atoms with E-state index in [0.717, 1.165) is 12.8 Å². The summed E-state index contributed by atoms with van der Waals surface area (Å²) in [5, 5.41) is 0. The lowest BCUT2D eigenvalue weighted by molar-refractivity contribution is 0.506. The number of rotatable bonds is 2. The first-order chi connectivity index (χ1) is 5.54. The van der Waals surface area contributed by atoms with Gasteiger partial charge in [-0.25, -0.2) is 13.1 Å². The summed E-state index contributed by atoms with van der Waals surface area (Å²) in [5.74, 6) is 1.07. The van der Waals surface area contributed by atoms with Gasteiger partial charge in [0.1, 0.15) is 0 Å². The average Bonchev–Trinajstić information content (AvgIpc) is 2.42. The molecular weight excluding hydrogens is 174 g/mol. The van der Waals surface area contributed by atoms with Gasteiger partial charge in [0.15, 0.2) is 0 Å². The molecule has 0 heterocycles. The van der Waals surface area contributed by atoms with Crippen molar-refractivity contribution in [3.63, 3.8) is 0 Å². The van der Waals surface area contributed by atoms with E-state index in [-0.39, 0.29) is 6.04 Å². The van der Waals surface area contributed by atoms with Crippen molar-refractivity contribution in [2.24, 2.45) is 11.8 Å². The lowest BCUT2D eigenvalue weighted by atomic mass is 10.0. The Kier molecular flexibility index (Phi) is 1.77. The molecule has 4 heteroatoms. The predicted molar refractivity (Wildman–Crippen MR) is 47.1 cm³/mol. The molecule has 2 rings (SSSR count). The maximum atomic E-state index is 10.9. The Morgan fingerprint density at radius 2 is 2.08 bits per heavy atom. The Labute approximate surface area is 72.9 Å². The van der Waals surface area contributed by atoms with Crippen LogP contribution in [0.2, 0.25) is 0 Å². The van der Waals surface area contributed by atoms with Crippen molar-refractivity contribution in [2.75, 3.05) is 6.26 Å². The minimum atomic E-state index is -3.01. The maximum absolute atomic E-state index is 10.9. The normalized spacial score (nSPS) is 39.2. The molecule has 0 aromatic rings. The van der Waals surface area contributed by atoms with Crippen LogP contribution in [0.4, 0.5) is 0 Å². The van der Waals surface area contributed by atoms with E-state index < -0.39 is 10.0 Å². The van der Waals surface area contributed by atoms with Crippen LogP contribution in [-0.4, -0.2) is 20.7 Å². The van der Waals surface area contributed by atoms with Gasteiger partial charge in [-0.1, -0.05) is 12.2 Å². The number of allylic oxidation sites excluding steroid dienone is 1. The fourth-order valence-electron chi connectivity index (χ4n) is 2.19. The molecule has 0 aliphatic heterocycles. The molecule has 2 bridgehead atoms. The quantitative estimate of drug-likeness (QED) is 0.640. The molecule has 1 N–H and O–H groups in total. The minimum absolute atomic E-state index is 0.162. The van der Waals surface area contributed by atoms with Crippen LogP contribution in [0.5, 0.6) is 0 Å². The molecule has 1 fully saturated rings. The summed E-state index contributed by atoms with van der Waals surface area (Å²) in [6, 6.07) is 0.162. The molecule has 0 aromatic heterocycles. The van der Waals surface area contributed by atoms with Crippen LogP contribution in [0.1, 0.15) is 12.8 Å². The molecule has 0 amide bonds. The Balaban J connectivity index is 2.05. The van der Waals surface area contributed by atoms with E-state index in [0.29, 0.717) is 11.8 Å². The highest BCUT2D eigenvalue weighted by Crippen LogP contribution is 2.39. The lowest BCUT2D eigenvalue weighted by Crippen LogP contribution is -2.36. The second-order valence-electron chi connectivity index (χ2n) is 3.78. The zero-order chi connectivity index (χ0) is 8.77. The summed E-state index contributed by atoms with van der Waals surface area (Å²) in [5.41, 5.74) is 0. The van der Waals surface area contributed by atoms with Crippen molar-refractivity contribution in [3.8, 4) is 0 Å². The fraction of sp³-hybridized carbons (Fsp3) is 0.750. The van der Waals surface area contributed by atoms with Crippen molar-refractivity contribution < 1.29 is 8.42 Å². The van der Waals surface area contributed by atoms with Crippen LogP contribution in [0.3, 0.4) is 0 Å². The number of hydrogen-bond donors (Lipinski definition) is 1. The van der Waals surface area contributed by atoms with Gasteiger partial charge >= 0.3 is 0 Å². The van der Waals surface area contributed by atoms with Crippen molar-refractivity contribution in [3.05, 3.63) is 12.2 Å². The molecule has 0 radical (unpaired) electrons. The van der Waals surface area contributed by atoms with Gasteiger partial charge in [0.25, 0.3) is 0 Å². The van der Waals surface area contributed by atoms with Gasteiger partial charge < -0.3 is 0 Å². The third-order valence-corrected chi connectivity index (χ3v) is 3.38. The van der Waals surface area contributed by atoms with Gasteiger partial charge in [0, 0.05) is 6.04 Å². The van der Waals surface area contributed by atoms with Gasteiger partial charge in [0.2, 0.25) is 10.0 Å². The van der Waals surface area contributed by atoms with Gasteiger partial charge in [-0.15, -0.1) is 0 Å². The van der Waals surface area contributed by atoms with Crippen LogP contribution in [0.25, 0.3) is 0 Å². The number of sulfonamides is 1. The molecule has 1 saturated carbocycles. The van der Waals surface area contributed by atoms with E-state index in [1.807, 2.05) is 0 Å². The second kappa shape index (κ2) is 2.57. The molecule has 68 valence electrons. The summed E-state index contributed by atoms with van der Waals surface area (Å²) in [6.45, 7) is 0. The van der Waals surface area contributed by atoms with Crippen molar-refractivity contribution in [2.45, 2.75) is 18.9 Å². The first-order valence-corrected chi connectivity index (χ1v) is 6.09. The topological polar surface area (TPSA) is 46.2 Å². The van der Waals surface area contributed by atoms with Crippen LogP contribution in [0.15, 0.2) is 12.2 Å². The minimum Gasteiger partial charge on any atom is -0.213 e. The average molecular weight is 187 g/mol. The molecule has 2 aliphatic rings. The highest BCUT2D eigenvalue weighted by Gasteiger charge is 2.36. The smallest absolute Gasteiger partial charge is 0.208 e. The van der Waals surface area contributed by atoms with E-state index in [4.69, 9.17) is 0 Å². The Hall–Kier alpha value is -0.350.